The second-order valence-corrected chi connectivity index (χ2v) is 8.54. The average molecular weight is 449 g/mol. The standard InChI is InChI=1S/C27H32N2O4/c1-32-26-13-11-20(16-27(26)33-2)25(31)12-10-21-17-29(24-9-5-4-8-23(21)24)19-22(30)18-28-14-6-3-7-15-28/h4-5,8-13,16-17,22,30H,3,6-7,14-15,18-19H2,1-2H3/b12-10+/t22-/m1/s1. The number of aromatic nitrogens is 1. The van der Waals surface area contributed by atoms with Crippen molar-refractivity contribution in [3.63, 3.8) is 0 Å². The Balaban J connectivity index is 1.52. The van der Waals surface area contributed by atoms with Crippen molar-refractivity contribution >= 4 is 22.8 Å². The molecule has 1 fully saturated rings. The number of hydrogen-bond donors (Lipinski definition) is 1. The van der Waals surface area contributed by atoms with Gasteiger partial charge in [-0.15, -0.1) is 0 Å². The molecule has 0 spiro atoms. The van der Waals surface area contributed by atoms with Crippen LogP contribution in [0.4, 0.5) is 0 Å². The predicted octanol–water partition coefficient (Wildman–Crippen LogP) is 4.40. The lowest BCUT2D eigenvalue weighted by atomic mass is 10.1. The Morgan fingerprint density at radius 2 is 1.79 bits per heavy atom. The highest BCUT2D eigenvalue weighted by Gasteiger charge is 2.16. The average Bonchev–Trinajstić information content (AvgIpc) is 3.19. The summed E-state index contributed by atoms with van der Waals surface area (Å²) in [5.74, 6) is 0.998. The van der Waals surface area contributed by atoms with Crippen LogP contribution in [0, 0.1) is 0 Å². The number of carbonyl (C=O) groups is 1. The zero-order chi connectivity index (χ0) is 23.2. The lowest BCUT2D eigenvalue weighted by Gasteiger charge is -2.28. The molecule has 0 amide bonds. The van der Waals surface area contributed by atoms with Gasteiger partial charge in [0.25, 0.3) is 0 Å². The van der Waals surface area contributed by atoms with E-state index in [4.69, 9.17) is 9.47 Å². The number of β-amino-alcohol motifs (C(OH)–C–C–N with tert-alkyl or cyclic N) is 1. The molecule has 0 radical (unpaired) electrons. The summed E-state index contributed by atoms with van der Waals surface area (Å²) in [6.45, 7) is 3.34. The Labute approximate surface area is 195 Å². The first-order valence-corrected chi connectivity index (χ1v) is 11.5. The van der Waals surface area contributed by atoms with Crippen molar-refractivity contribution in [2.45, 2.75) is 31.9 Å². The van der Waals surface area contributed by atoms with Crippen molar-refractivity contribution in [3.8, 4) is 11.5 Å². The van der Waals surface area contributed by atoms with E-state index in [2.05, 4.69) is 15.5 Å². The smallest absolute Gasteiger partial charge is 0.185 e. The van der Waals surface area contributed by atoms with Gasteiger partial charge in [-0.1, -0.05) is 24.6 Å². The third-order valence-corrected chi connectivity index (χ3v) is 6.23. The van der Waals surface area contributed by atoms with Crippen LogP contribution in [0.15, 0.2) is 54.7 Å². The molecule has 0 aliphatic carbocycles. The highest BCUT2D eigenvalue weighted by molar-refractivity contribution is 6.08. The molecule has 2 aromatic carbocycles. The van der Waals surface area contributed by atoms with Crippen LogP contribution in [0.5, 0.6) is 11.5 Å². The fourth-order valence-electron chi connectivity index (χ4n) is 4.54. The molecule has 6 heteroatoms. The van der Waals surface area contributed by atoms with Gasteiger partial charge in [0.1, 0.15) is 0 Å². The summed E-state index contributed by atoms with van der Waals surface area (Å²) in [6, 6.07) is 13.2. The van der Waals surface area contributed by atoms with Crippen molar-refractivity contribution in [3.05, 3.63) is 65.9 Å². The van der Waals surface area contributed by atoms with E-state index in [0.29, 0.717) is 30.2 Å². The number of methoxy groups -OCH3 is 2. The van der Waals surface area contributed by atoms with Gasteiger partial charge in [-0.25, -0.2) is 0 Å². The third kappa shape index (κ3) is 5.46. The number of benzene rings is 2. The second kappa shape index (κ2) is 10.7. The van der Waals surface area contributed by atoms with Crippen LogP contribution in [0.1, 0.15) is 35.2 Å². The number of nitrogens with zero attached hydrogens (tertiary/aromatic N) is 2. The van der Waals surface area contributed by atoms with Gasteiger partial charge in [0.05, 0.1) is 20.3 Å². The van der Waals surface area contributed by atoms with Crippen molar-refractivity contribution in [2.24, 2.45) is 0 Å². The lowest BCUT2D eigenvalue weighted by Crippen LogP contribution is -2.37. The number of carbonyl (C=O) groups excluding carboxylic acids is 1. The van der Waals surface area contributed by atoms with Crippen LogP contribution in [0.2, 0.25) is 0 Å². The van der Waals surface area contributed by atoms with Crippen LogP contribution in [0.3, 0.4) is 0 Å². The molecule has 1 saturated heterocycles. The molecule has 4 rings (SSSR count). The molecule has 1 atom stereocenters. The molecule has 2 heterocycles. The van der Waals surface area contributed by atoms with E-state index < -0.39 is 6.10 Å². The summed E-state index contributed by atoms with van der Waals surface area (Å²) in [7, 11) is 3.12. The molecule has 0 unspecified atom stereocenters. The molecular weight excluding hydrogens is 416 g/mol. The Bertz CT molecular complexity index is 1130. The van der Waals surface area contributed by atoms with Crippen molar-refractivity contribution < 1.29 is 19.4 Å². The minimum Gasteiger partial charge on any atom is -0.493 e. The van der Waals surface area contributed by atoms with Crippen LogP contribution < -0.4 is 9.47 Å². The summed E-state index contributed by atoms with van der Waals surface area (Å²) >= 11 is 0. The number of aliphatic hydroxyl groups excluding tert-OH is 1. The number of allylic oxidation sites excluding steroid dienone is 1. The largest absolute Gasteiger partial charge is 0.493 e. The van der Waals surface area contributed by atoms with Crippen molar-refractivity contribution in [1.29, 1.82) is 0 Å². The molecule has 0 saturated carbocycles. The van der Waals surface area contributed by atoms with Gasteiger partial charge in [-0.2, -0.15) is 0 Å². The number of likely N-dealkylation sites (tertiary alicyclic amines) is 1. The van der Waals surface area contributed by atoms with E-state index in [1.165, 1.54) is 19.3 Å². The molecule has 1 aromatic heterocycles. The SMILES string of the molecule is COc1ccc(C(=O)/C=C/c2cn(C[C@H](O)CN3CCCCC3)c3ccccc23)cc1OC. The molecule has 1 N–H and O–H groups in total. The van der Waals surface area contributed by atoms with Crippen LogP contribution in [-0.2, 0) is 6.54 Å². The zero-order valence-electron chi connectivity index (χ0n) is 19.4. The van der Waals surface area contributed by atoms with Crippen molar-refractivity contribution in [2.75, 3.05) is 33.9 Å². The zero-order valence-corrected chi connectivity index (χ0v) is 19.4. The number of rotatable bonds is 9. The van der Waals surface area contributed by atoms with Gasteiger partial charge in [0, 0.05) is 41.3 Å². The quantitative estimate of drug-likeness (QED) is 0.388. The number of para-hydroxylation sites is 1. The minimum atomic E-state index is -0.441. The summed E-state index contributed by atoms with van der Waals surface area (Å²) < 4.78 is 12.6. The molecule has 174 valence electrons. The van der Waals surface area contributed by atoms with Crippen LogP contribution in [-0.4, -0.2) is 60.3 Å². The molecule has 1 aliphatic rings. The first-order valence-electron chi connectivity index (χ1n) is 11.5. The van der Waals surface area contributed by atoms with Crippen molar-refractivity contribution in [1.82, 2.24) is 9.47 Å². The summed E-state index contributed by atoms with van der Waals surface area (Å²) in [5.41, 5.74) is 2.53. The first kappa shape index (κ1) is 23.1. The number of aliphatic hydroxyl groups is 1. The van der Waals surface area contributed by atoms with E-state index in [0.717, 1.165) is 29.6 Å². The molecule has 0 bridgehead atoms. The fourth-order valence-corrected chi connectivity index (χ4v) is 4.54. The van der Waals surface area contributed by atoms with E-state index >= 15 is 0 Å². The monoisotopic (exact) mass is 448 g/mol. The van der Waals surface area contributed by atoms with Gasteiger partial charge in [0.2, 0.25) is 0 Å². The Morgan fingerprint density at radius 1 is 1.03 bits per heavy atom. The fraction of sp³-hybridized carbons (Fsp3) is 0.370. The third-order valence-electron chi connectivity index (χ3n) is 6.23. The van der Waals surface area contributed by atoms with Gasteiger partial charge in [-0.3, -0.25) is 4.79 Å². The van der Waals surface area contributed by atoms with Gasteiger partial charge >= 0.3 is 0 Å². The minimum absolute atomic E-state index is 0.113. The molecule has 33 heavy (non-hydrogen) atoms. The van der Waals surface area contributed by atoms with E-state index in [1.807, 2.05) is 30.5 Å². The molecule has 1 aliphatic heterocycles. The number of piperidine rings is 1. The Hall–Kier alpha value is -3.09. The second-order valence-electron chi connectivity index (χ2n) is 8.54. The molecule has 6 nitrogen and oxygen atoms in total. The van der Waals surface area contributed by atoms with Gasteiger partial charge < -0.3 is 24.0 Å². The first-order chi connectivity index (χ1) is 16.1. The lowest BCUT2D eigenvalue weighted by molar-refractivity contribution is 0.0892. The van der Waals surface area contributed by atoms with E-state index in [9.17, 15) is 9.90 Å². The maximum absolute atomic E-state index is 12.8. The van der Waals surface area contributed by atoms with E-state index in [1.54, 1.807) is 38.5 Å². The predicted molar refractivity (Wildman–Crippen MR) is 131 cm³/mol. The summed E-state index contributed by atoms with van der Waals surface area (Å²) in [5, 5.41) is 11.8. The number of ether oxygens (including phenoxy) is 2. The maximum Gasteiger partial charge on any atom is 0.185 e. The molecule has 3 aromatic rings. The number of hydrogen-bond acceptors (Lipinski definition) is 5. The topological polar surface area (TPSA) is 63.9 Å². The Morgan fingerprint density at radius 3 is 2.55 bits per heavy atom. The summed E-state index contributed by atoms with van der Waals surface area (Å²) in [6.07, 6.45) is 8.70. The normalized spacial score (nSPS) is 15.7. The maximum atomic E-state index is 12.8. The van der Waals surface area contributed by atoms with Crippen LogP contribution in [0.25, 0.3) is 17.0 Å². The number of ketones is 1. The Kier molecular flexibility index (Phi) is 7.47. The van der Waals surface area contributed by atoms with E-state index in [-0.39, 0.29) is 5.78 Å². The van der Waals surface area contributed by atoms with Gasteiger partial charge in [0.15, 0.2) is 17.3 Å². The van der Waals surface area contributed by atoms with Crippen LogP contribution >= 0.6 is 0 Å². The summed E-state index contributed by atoms with van der Waals surface area (Å²) in [4.78, 5) is 15.1. The van der Waals surface area contributed by atoms with Gasteiger partial charge in [-0.05, 0) is 62.3 Å². The molecular formula is C27H32N2O4. The number of fused-ring (bicyclic) bond motifs is 1. The highest BCUT2D eigenvalue weighted by Crippen LogP contribution is 2.28. The highest BCUT2D eigenvalue weighted by atomic mass is 16.5.